The van der Waals surface area contributed by atoms with Crippen LogP contribution in [0, 0.1) is 11.3 Å². The van der Waals surface area contributed by atoms with Gasteiger partial charge in [-0.1, -0.05) is 78.1 Å². The van der Waals surface area contributed by atoms with Gasteiger partial charge >= 0.3 is 5.97 Å². The van der Waals surface area contributed by atoms with E-state index in [0.29, 0.717) is 13.1 Å². The van der Waals surface area contributed by atoms with Crippen molar-refractivity contribution in [1.29, 1.82) is 0 Å². The van der Waals surface area contributed by atoms with Gasteiger partial charge in [-0.3, -0.25) is 9.69 Å². The number of rotatable bonds is 22. The molecule has 0 aromatic rings. The van der Waals surface area contributed by atoms with Gasteiger partial charge in [0.25, 0.3) is 0 Å². The van der Waals surface area contributed by atoms with Crippen molar-refractivity contribution in [2.45, 2.75) is 146 Å². The van der Waals surface area contributed by atoms with Crippen LogP contribution in [0.3, 0.4) is 0 Å². The molecular weight excluding hydrogens is 532 g/mol. The molecule has 0 aliphatic carbocycles. The first-order chi connectivity index (χ1) is 20.5. The zero-order valence-electron chi connectivity index (χ0n) is 28.0. The van der Waals surface area contributed by atoms with Crippen LogP contribution in [0.4, 0.5) is 0 Å². The molecule has 2 fully saturated rings. The summed E-state index contributed by atoms with van der Waals surface area (Å²) in [4.78, 5) is 18.2. The zero-order chi connectivity index (χ0) is 31.8. The van der Waals surface area contributed by atoms with Crippen LogP contribution >= 0.6 is 0 Å². The summed E-state index contributed by atoms with van der Waals surface area (Å²) in [5.74, 6) is -0.593. The predicted octanol–water partition coefficient (Wildman–Crippen LogP) is 4.81. The van der Waals surface area contributed by atoms with Gasteiger partial charge in [0.05, 0.1) is 5.92 Å². The number of unbranched alkanes of at least 4 members (excludes halogenated alkanes) is 9. The van der Waals surface area contributed by atoms with Crippen LogP contribution in [0.2, 0.25) is 0 Å². The highest BCUT2D eigenvalue weighted by Gasteiger charge is 2.48. The Labute approximate surface area is 270 Å². The average molecular weight is 592 g/mol. The molecule has 2 heterocycles. The maximum atomic E-state index is 13.6. The summed E-state index contributed by atoms with van der Waals surface area (Å²) >= 11 is 0. The number of methoxy groups -OCH3 is 1. The molecule has 0 saturated carbocycles. The fraction of sp³-hybridized carbons (Fsp3) is 0.970. The number of nitrogens with zero attached hydrogens (tertiary/aromatic N) is 2. The van der Waals surface area contributed by atoms with E-state index in [-0.39, 0.29) is 23.9 Å². The quantitative estimate of drug-likeness (QED) is 0.111. The summed E-state index contributed by atoms with van der Waals surface area (Å²) in [6.07, 6.45) is 19.1. The second-order valence-corrected chi connectivity index (χ2v) is 13.6. The van der Waals surface area contributed by atoms with Crippen LogP contribution in [0.5, 0.6) is 0 Å². The van der Waals surface area contributed by atoms with Crippen molar-refractivity contribution in [1.82, 2.24) is 9.80 Å². The van der Waals surface area contributed by atoms with Gasteiger partial charge in [-0.05, 0) is 89.5 Å². The number of carbonyl (C=O) groups is 1. The topological polar surface area (TPSA) is 62.2 Å². The standard InChI is InChI=1S/C33H60B4N2O4/c1-4-6-8-10-12-16-28(17-13-11-9-7-5-2)29(41)43-33(36,37)30(32(34,35)42-3)39-25-20-31(21-26-39)18-23-38(24-19-31)22-14-15-27-40/h28,30,40H,4-27H2,1-3H3. The first-order valence-corrected chi connectivity index (χ1v) is 17.5. The van der Waals surface area contributed by atoms with Gasteiger partial charge in [0.15, 0.2) is 0 Å². The molecule has 1 unspecified atom stereocenters. The molecule has 0 aromatic carbocycles. The lowest BCUT2D eigenvalue weighted by Crippen LogP contribution is -2.69. The smallest absolute Gasteiger partial charge is 0.307 e. The Morgan fingerprint density at radius 1 is 0.767 bits per heavy atom. The van der Waals surface area contributed by atoms with Crippen molar-refractivity contribution in [3.63, 3.8) is 0 Å². The number of hydrogen-bond donors (Lipinski definition) is 1. The SMILES string of the molecule is [B]C([B])(OC)C(N1CCC2(CCN(CCCCO)CC2)CC1)C([B])([B])OC(=O)C(CCCCCCC)CCCCCCC. The lowest BCUT2D eigenvalue weighted by atomic mass is 9.47. The largest absolute Gasteiger partial charge is 0.478 e. The number of esters is 1. The van der Waals surface area contributed by atoms with Gasteiger partial charge in [0, 0.05) is 30.6 Å². The van der Waals surface area contributed by atoms with Crippen LogP contribution < -0.4 is 0 Å². The third-order valence-corrected chi connectivity index (χ3v) is 10.2. The minimum Gasteiger partial charge on any atom is -0.478 e. The van der Waals surface area contributed by atoms with Crippen LogP contribution in [0.1, 0.15) is 129 Å². The normalized spacial score (nSPS) is 19.2. The molecule has 2 rings (SSSR count). The number of hydrogen-bond acceptors (Lipinski definition) is 6. The lowest BCUT2D eigenvalue weighted by Gasteiger charge is -2.55. The summed E-state index contributed by atoms with van der Waals surface area (Å²) in [5, 5.41) is 5.50. The van der Waals surface area contributed by atoms with E-state index in [4.69, 9.17) is 46.0 Å². The molecule has 1 N–H and O–H groups in total. The van der Waals surface area contributed by atoms with Crippen molar-refractivity contribution in [2.24, 2.45) is 11.3 Å². The number of carbonyl (C=O) groups excluding carboxylic acids is 1. The van der Waals surface area contributed by atoms with Crippen LogP contribution in [-0.4, -0.2) is 116 Å². The van der Waals surface area contributed by atoms with Crippen molar-refractivity contribution < 1.29 is 19.4 Å². The molecule has 2 aliphatic rings. The van der Waals surface area contributed by atoms with E-state index in [1.54, 1.807) is 0 Å². The Morgan fingerprint density at radius 2 is 1.28 bits per heavy atom. The number of ether oxygens (including phenoxy) is 2. The minimum atomic E-state index is -1.90. The fourth-order valence-corrected chi connectivity index (χ4v) is 7.17. The summed E-state index contributed by atoms with van der Waals surface area (Å²) < 4.78 is 11.5. The number of likely N-dealkylation sites (tertiary alicyclic amines) is 2. The second-order valence-electron chi connectivity index (χ2n) is 13.6. The Bertz CT molecular complexity index is 741. The summed E-state index contributed by atoms with van der Waals surface area (Å²) in [7, 11) is 27.7. The van der Waals surface area contributed by atoms with E-state index in [9.17, 15) is 4.79 Å². The Hall–Kier alpha value is -0.430. The number of piperidine rings is 2. The zero-order valence-corrected chi connectivity index (χ0v) is 28.0. The highest BCUT2D eigenvalue weighted by molar-refractivity contribution is 6.45. The van der Waals surface area contributed by atoms with Crippen molar-refractivity contribution in [3.05, 3.63) is 0 Å². The van der Waals surface area contributed by atoms with E-state index in [0.717, 1.165) is 96.7 Å². The first kappa shape index (κ1) is 38.8. The Balaban J connectivity index is 2.05. The van der Waals surface area contributed by atoms with Crippen LogP contribution in [-0.2, 0) is 14.3 Å². The third-order valence-electron chi connectivity index (χ3n) is 10.2. The van der Waals surface area contributed by atoms with Crippen molar-refractivity contribution >= 4 is 37.4 Å². The van der Waals surface area contributed by atoms with Gasteiger partial charge in [0.2, 0.25) is 0 Å². The van der Waals surface area contributed by atoms with Crippen LogP contribution in [0.15, 0.2) is 0 Å². The Kier molecular flexibility index (Phi) is 18.0. The lowest BCUT2D eigenvalue weighted by molar-refractivity contribution is -0.160. The molecule has 238 valence electrons. The third kappa shape index (κ3) is 13.1. The maximum absolute atomic E-state index is 13.6. The van der Waals surface area contributed by atoms with E-state index in [1.807, 2.05) is 0 Å². The van der Waals surface area contributed by atoms with Gasteiger partial charge in [-0.25, -0.2) is 0 Å². The molecule has 1 atom stereocenters. The molecule has 2 saturated heterocycles. The highest BCUT2D eigenvalue weighted by Crippen LogP contribution is 2.43. The van der Waals surface area contributed by atoms with Crippen molar-refractivity contribution in [3.8, 4) is 0 Å². The average Bonchev–Trinajstić information content (AvgIpc) is 2.97. The Morgan fingerprint density at radius 3 is 1.77 bits per heavy atom. The first-order valence-electron chi connectivity index (χ1n) is 17.5. The number of aliphatic hydroxyl groups is 1. The van der Waals surface area contributed by atoms with Crippen LogP contribution in [0.25, 0.3) is 0 Å². The van der Waals surface area contributed by atoms with Gasteiger partial charge in [0.1, 0.15) is 31.4 Å². The van der Waals surface area contributed by atoms with Gasteiger partial charge < -0.3 is 19.5 Å². The van der Waals surface area contributed by atoms with Gasteiger partial charge in [-0.2, -0.15) is 0 Å². The monoisotopic (exact) mass is 592 g/mol. The molecule has 2 aliphatic heterocycles. The molecule has 8 radical (unpaired) electrons. The highest BCUT2D eigenvalue weighted by atomic mass is 16.6. The molecule has 6 nitrogen and oxygen atoms in total. The maximum Gasteiger partial charge on any atom is 0.307 e. The molecule has 43 heavy (non-hydrogen) atoms. The van der Waals surface area contributed by atoms with Crippen molar-refractivity contribution in [2.75, 3.05) is 46.4 Å². The summed E-state index contributed by atoms with van der Waals surface area (Å²) in [6.45, 7) is 9.30. The molecule has 0 bridgehead atoms. The van der Waals surface area contributed by atoms with E-state index in [1.165, 1.54) is 45.6 Å². The fourth-order valence-electron chi connectivity index (χ4n) is 7.17. The molecule has 1 spiro atoms. The van der Waals surface area contributed by atoms with E-state index < -0.39 is 16.8 Å². The molecular formula is C33H60B4N2O4. The minimum absolute atomic E-state index is 0.241. The van der Waals surface area contributed by atoms with E-state index >= 15 is 0 Å². The molecule has 0 amide bonds. The van der Waals surface area contributed by atoms with Gasteiger partial charge in [-0.15, -0.1) is 0 Å². The molecule has 10 heteroatoms. The predicted molar refractivity (Wildman–Crippen MR) is 181 cm³/mol. The number of aliphatic hydroxyl groups excluding tert-OH is 1. The second kappa shape index (κ2) is 19.9. The molecule has 0 aromatic heterocycles. The summed E-state index contributed by atoms with van der Waals surface area (Å²) in [6, 6.07) is -0.903. The van der Waals surface area contributed by atoms with E-state index in [2.05, 4.69) is 23.6 Å². The summed E-state index contributed by atoms with van der Waals surface area (Å²) in [5.41, 5.74) is 0.274.